The quantitative estimate of drug-likeness (QED) is 0.598. The maximum absolute atomic E-state index is 11.6. The van der Waals surface area contributed by atoms with Gasteiger partial charge in [-0.05, 0) is 0 Å². The molecule has 1 fully saturated rings. The van der Waals surface area contributed by atoms with Crippen LogP contribution in [0.3, 0.4) is 0 Å². The van der Waals surface area contributed by atoms with E-state index in [9.17, 15) is 8.42 Å². The molecule has 6 nitrogen and oxygen atoms in total. The second-order valence-electron chi connectivity index (χ2n) is 3.14. The lowest BCUT2D eigenvalue weighted by molar-refractivity contribution is 0.0295. The Balaban J connectivity index is 2.75. The summed E-state index contributed by atoms with van der Waals surface area (Å²) in [5.41, 5.74) is 0. The van der Waals surface area contributed by atoms with Crippen LogP contribution in [0.2, 0.25) is 0 Å². The van der Waals surface area contributed by atoms with E-state index in [2.05, 4.69) is 0 Å². The van der Waals surface area contributed by atoms with Gasteiger partial charge >= 0.3 is 0 Å². The highest BCUT2D eigenvalue weighted by Crippen LogP contribution is 2.11. The molecule has 0 aliphatic carbocycles. The standard InChI is InChI=1S/C7H13N3O3S/c1-9(2)14(11,12)10-3-4-13-7(5-8)6-10/h7H,3-4,6H2,1-2H3. The van der Waals surface area contributed by atoms with E-state index in [4.69, 9.17) is 10.00 Å². The molecule has 80 valence electrons. The normalized spacial score (nSPS) is 24.9. The molecule has 0 aromatic carbocycles. The van der Waals surface area contributed by atoms with Crippen LogP contribution in [-0.4, -0.2) is 56.9 Å². The molecule has 0 bridgehead atoms. The van der Waals surface area contributed by atoms with Gasteiger partial charge in [-0.3, -0.25) is 0 Å². The Kier molecular flexibility index (Phi) is 3.44. The first-order valence-corrected chi connectivity index (χ1v) is 5.57. The van der Waals surface area contributed by atoms with Crippen molar-refractivity contribution in [2.75, 3.05) is 33.8 Å². The first kappa shape index (κ1) is 11.4. The van der Waals surface area contributed by atoms with Crippen molar-refractivity contribution >= 4 is 10.2 Å². The predicted molar refractivity (Wildman–Crippen MR) is 49.5 cm³/mol. The first-order valence-electron chi connectivity index (χ1n) is 4.17. The van der Waals surface area contributed by atoms with Gasteiger partial charge in [0.05, 0.1) is 19.2 Å². The van der Waals surface area contributed by atoms with Gasteiger partial charge < -0.3 is 4.74 Å². The van der Waals surface area contributed by atoms with Crippen LogP contribution in [0, 0.1) is 11.3 Å². The van der Waals surface area contributed by atoms with Gasteiger partial charge in [0.2, 0.25) is 0 Å². The van der Waals surface area contributed by atoms with E-state index in [1.54, 1.807) is 0 Å². The third-order valence-corrected chi connectivity index (χ3v) is 3.87. The fraction of sp³-hybridized carbons (Fsp3) is 0.857. The largest absolute Gasteiger partial charge is 0.361 e. The van der Waals surface area contributed by atoms with E-state index >= 15 is 0 Å². The lowest BCUT2D eigenvalue weighted by Gasteiger charge is -2.30. The first-order chi connectivity index (χ1) is 6.48. The van der Waals surface area contributed by atoms with Crippen LogP contribution in [0.25, 0.3) is 0 Å². The minimum Gasteiger partial charge on any atom is -0.361 e. The van der Waals surface area contributed by atoms with Gasteiger partial charge in [0.25, 0.3) is 10.2 Å². The molecule has 0 spiro atoms. The average molecular weight is 219 g/mol. The molecule has 1 atom stereocenters. The molecular weight excluding hydrogens is 206 g/mol. The average Bonchev–Trinajstić information content (AvgIpc) is 2.17. The second kappa shape index (κ2) is 4.23. The van der Waals surface area contributed by atoms with Crippen LogP contribution < -0.4 is 0 Å². The fourth-order valence-corrected chi connectivity index (χ4v) is 2.24. The van der Waals surface area contributed by atoms with Crippen molar-refractivity contribution in [2.24, 2.45) is 0 Å². The van der Waals surface area contributed by atoms with Crippen molar-refractivity contribution in [3.05, 3.63) is 0 Å². The number of rotatable bonds is 2. The van der Waals surface area contributed by atoms with Gasteiger partial charge in [0, 0.05) is 20.6 Å². The van der Waals surface area contributed by atoms with Crippen LogP contribution in [0.15, 0.2) is 0 Å². The molecule has 14 heavy (non-hydrogen) atoms. The summed E-state index contributed by atoms with van der Waals surface area (Å²) in [4.78, 5) is 0. The van der Waals surface area contributed by atoms with Crippen molar-refractivity contribution in [1.82, 2.24) is 8.61 Å². The topological polar surface area (TPSA) is 73.6 Å². The summed E-state index contributed by atoms with van der Waals surface area (Å²) in [7, 11) is -0.478. The van der Waals surface area contributed by atoms with E-state index in [-0.39, 0.29) is 13.2 Å². The molecule has 0 saturated carbocycles. The summed E-state index contributed by atoms with van der Waals surface area (Å²) in [5, 5.41) is 8.60. The van der Waals surface area contributed by atoms with Crippen molar-refractivity contribution in [3.8, 4) is 6.07 Å². The molecule has 1 unspecified atom stereocenters. The van der Waals surface area contributed by atoms with Gasteiger partial charge in [-0.1, -0.05) is 0 Å². The van der Waals surface area contributed by atoms with E-state index in [1.807, 2.05) is 6.07 Å². The molecule has 1 rings (SSSR count). The summed E-state index contributed by atoms with van der Waals surface area (Å²) in [6, 6.07) is 1.90. The Morgan fingerprint density at radius 3 is 2.71 bits per heavy atom. The lowest BCUT2D eigenvalue weighted by atomic mass is 10.3. The van der Waals surface area contributed by atoms with Crippen LogP contribution in [-0.2, 0) is 14.9 Å². The van der Waals surface area contributed by atoms with Gasteiger partial charge in [-0.2, -0.15) is 22.3 Å². The van der Waals surface area contributed by atoms with Crippen molar-refractivity contribution in [3.63, 3.8) is 0 Å². The van der Waals surface area contributed by atoms with E-state index in [1.165, 1.54) is 18.4 Å². The summed E-state index contributed by atoms with van der Waals surface area (Å²) < 4.78 is 30.7. The molecule has 1 saturated heterocycles. The number of hydrogen-bond acceptors (Lipinski definition) is 4. The van der Waals surface area contributed by atoms with Gasteiger partial charge in [0.1, 0.15) is 0 Å². The molecule has 0 aromatic rings. The summed E-state index contributed by atoms with van der Waals surface area (Å²) in [6.07, 6.45) is -0.654. The van der Waals surface area contributed by atoms with E-state index in [0.29, 0.717) is 6.54 Å². The number of hydrogen-bond donors (Lipinski definition) is 0. The predicted octanol–water partition coefficient (Wildman–Crippen LogP) is -0.983. The maximum atomic E-state index is 11.6. The molecule has 0 amide bonds. The van der Waals surface area contributed by atoms with Crippen molar-refractivity contribution < 1.29 is 13.2 Å². The molecule has 0 aromatic heterocycles. The number of nitriles is 1. The van der Waals surface area contributed by atoms with Crippen LogP contribution in [0.1, 0.15) is 0 Å². The smallest absolute Gasteiger partial charge is 0.281 e. The molecular formula is C7H13N3O3S. The van der Waals surface area contributed by atoms with E-state index in [0.717, 1.165) is 4.31 Å². The summed E-state index contributed by atoms with van der Waals surface area (Å²) >= 11 is 0. The zero-order valence-corrected chi connectivity index (χ0v) is 8.99. The maximum Gasteiger partial charge on any atom is 0.281 e. The number of nitrogens with zero attached hydrogens (tertiary/aromatic N) is 3. The molecule has 1 aliphatic rings. The van der Waals surface area contributed by atoms with Crippen LogP contribution in [0.4, 0.5) is 0 Å². The molecule has 1 aliphatic heterocycles. The zero-order chi connectivity index (χ0) is 10.8. The highest BCUT2D eigenvalue weighted by atomic mass is 32.2. The monoisotopic (exact) mass is 219 g/mol. The SMILES string of the molecule is CN(C)S(=O)(=O)N1CCOC(C#N)C1. The van der Waals surface area contributed by atoms with Gasteiger partial charge in [-0.25, -0.2) is 0 Å². The molecule has 0 N–H and O–H groups in total. The Hall–Kier alpha value is -0.680. The van der Waals surface area contributed by atoms with Crippen molar-refractivity contribution in [2.45, 2.75) is 6.10 Å². The van der Waals surface area contributed by atoms with Gasteiger partial charge in [0.15, 0.2) is 6.10 Å². The Bertz CT molecular complexity index is 333. The molecule has 0 radical (unpaired) electrons. The zero-order valence-electron chi connectivity index (χ0n) is 8.17. The highest BCUT2D eigenvalue weighted by Gasteiger charge is 2.30. The third kappa shape index (κ3) is 2.22. The van der Waals surface area contributed by atoms with Crippen molar-refractivity contribution in [1.29, 1.82) is 5.26 Å². The van der Waals surface area contributed by atoms with Crippen LogP contribution in [0.5, 0.6) is 0 Å². The summed E-state index contributed by atoms with van der Waals surface area (Å²) in [6.45, 7) is 0.682. The molecule has 7 heteroatoms. The summed E-state index contributed by atoms with van der Waals surface area (Å²) in [5.74, 6) is 0. The third-order valence-electron chi connectivity index (χ3n) is 1.96. The lowest BCUT2D eigenvalue weighted by Crippen LogP contribution is -2.49. The second-order valence-corrected chi connectivity index (χ2v) is 5.28. The Morgan fingerprint density at radius 2 is 2.21 bits per heavy atom. The fourth-order valence-electron chi connectivity index (χ4n) is 1.14. The number of morpholine rings is 1. The van der Waals surface area contributed by atoms with E-state index < -0.39 is 16.3 Å². The highest BCUT2D eigenvalue weighted by molar-refractivity contribution is 7.86. The Morgan fingerprint density at radius 1 is 1.57 bits per heavy atom. The minimum absolute atomic E-state index is 0.108. The minimum atomic E-state index is -3.41. The van der Waals surface area contributed by atoms with Gasteiger partial charge in [-0.15, -0.1) is 0 Å². The Labute approximate surface area is 83.8 Å². The molecule has 1 heterocycles. The van der Waals surface area contributed by atoms with Crippen LogP contribution >= 0.6 is 0 Å². The number of ether oxygens (including phenoxy) is 1.